The molecule has 4 nitrogen and oxygen atoms in total. The lowest BCUT2D eigenvalue weighted by atomic mass is 9.87. The van der Waals surface area contributed by atoms with E-state index in [0.29, 0.717) is 12.5 Å². The number of aromatic nitrogens is 1. The Balaban J connectivity index is 1.54. The van der Waals surface area contributed by atoms with Crippen molar-refractivity contribution in [3.05, 3.63) is 71.4 Å². The average molecular weight is 389 g/mol. The Labute approximate surface area is 171 Å². The third kappa shape index (κ3) is 4.94. The minimum Gasteiger partial charge on any atom is -0.487 e. The molecule has 1 aliphatic rings. The minimum atomic E-state index is -0.783. The van der Waals surface area contributed by atoms with Gasteiger partial charge in [-0.05, 0) is 54.2 Å². The summed E-state index contributed by atoms with van der Waals surface area (Å²) >= 11 is 0. The van der Waals surface area contributed by atoms with Crippen LogP contribution in [0.15, 0.2) is 54.6 Å². The highest BCUT2D eigenvalue weighted by atomic mass is 16.5. The third-order valence-electron chi connectivity index (χ3n) is 5.80. The van der Waals surface area contributed by atoms with E-state index in [2.05, 4.69) is 17.1 Å². The fourth-order valence-electron chi connectivity index (χ4n) is 4.30. The van der Waals surface area contributed by atoms with Crippen LogP contribution in [0, 0.1) is 0 Å². The number of pyridine rings is 1. The molecule has 1 aliphatic carbocycles. The SMILES string of the molecule is O=C(O)Cc1ccc(OCc2ccc3ccccc3n2)cc1C1CCCCCC1. The van der Waals surface area contributed by atoms with Crippen LogP contribution in [0.3, 0.4) is 0 Å². The number of ether oxygens (including phenoxy) is 1. The maximum absolute atomic E-state index is 11.3. The molecule has 29 heavy (non-hydrogen) atoms. The number of hydrogen-bond donors (Lipinski definition) is 1. The molecule has 3 aromatic rings. The van der Waals surface area contributed by atoms with Crippen molar-refractivity contribution < 1.29 is 14.6 Å². The lowest BCUT2D eigenvalue weighted by molar-refractivity contribution is -0.136. The second kappa shape index (κ2) is 9.08. The predicted octanol–water partition coefficient (Wildman–Crippen LogP) is 5.88. The number of hydrogen-bond acceptors (Lipinski definition) is 3. The molecule has 0 aliphatic heterocycles. The summed E-state index contributed by atoms with van der Waals surface area (Å²) in [6, 6.07) is 18.0. The van der Waals surface area contributed by atoms with Crippen LogP contribution in [0.4, 0.5) is 0 Å². The van der Waals surface area contributed by atoms with Crippen molar-refractivity contribution in [2.24, 2.45) is 0 Å². The van der Waals surface area contributed by atoms with Crippen LogP contribution in [-0.2, 0) is 17.8 Å². The van der Waals surface area contributed by atoms with Gasteiger partial charge in [-0.1, -0.05) is 56.0 Å². The summed E-state index contributed by atoms with van der Waals surface area (Å²) in [5.41, 5.74) is 3.91. The summed E-state index contributed by atoms with van der Waals surface area (Å²) in [6.45, 7) is 0.396. The minimum absolute atomic E-state index is 0.0678. The van der Waals surface area contributed by atoms with Crippen LogP contribution < -0.4 is 4.74 Å². The molecule has 1 fully saturated rings. The first kappa shape index (κ1) is 19.4. The lowest BCUT2D eigenvalue weighted by Gasteiger charge is -2.19. The highest BCUT2D eigenvalue weighted by Gasteiger charge is 2.19. The molecule has 1 aromatic heterocycles. The molecule has 0 bridgehead atoms. The van der Waals surface area contributed by atoms with Crippen LogP contribution in [0.25, 0.3) is 10.9 Å². The third-order valence-corrected chi connectivity index (χ3v) is 5.80. The second-order valence-corrected chi connectivity index (χ2v) is 7.90. The van der Waals surface area contributed by atoms with Gasteiger partial charge in [0.15, 0.2) is 0 Å². The molecule has 0 unspecified atom stereocenters. The van der Waals surface area contributed by atoms with Gasteiger partial charge in [-0.15, -0.1) is 0 Å². The Bertz CT molecular complexity index is 990. The topological polar surface area (TPSA) is 59.4 Å². The Kier molecular flexibility index (Phi) is 6.09. The molecule has 1 N–H and O–H groups in total. The van der Waals surface area contributed by atoms with E-state index in [0.717, 1.165) is 46.3 Å². The Morgan fingerprint density at radius 3 is 2.59 bits per heavy atom. The smallest absolute Gasteiger partial charge is 0.307 e. The standard InChI is InChI=1S/C25H27NO3/c27-25(28)15-20-12-14-22(16-23(20)18-7-3-1-2-4-8-18)29-17-21-13-11-19-9-5-6-10-24(19)26-21/h5-6,9-14,16,18H,1-4,7-8,15,17H2,(H,27,28). The van der Waals surface area contributed by atoms with Crippen molar-refractivity contribution in [1.29, 1.82) is 0 Å². The molecule has 0 amide bonds. The first-order valence-electron chi connectivity index (χ1n) is 10.5. The van der Waals surface area contributed by atoms with Gasteiger partial charge in [-0.25, -0.2) is 4.98 Å². The van der Waals surface area contributed by atoms with Crippen LogP contribution in [-0.4, -0.2) is 16.1 Å². The number of carboxylic acids is 1. The van der Waals surface area contributed by atoms with Crippen molar-refractivity contribution in [1.82, 2.24) is 4.98 Å². The fourth-order valence-corrected chi connectivity index (χ4v) is 4.30. The zero-order chi connectivity index (χ0) is 20.1. The van der Waals surface area contributed by atoms with Gasteiger partial charge in [0.25, 0.3) is 0 Å². The van der Waals surface area contributed by atoms with Gasteiger partial charge < -0.3 is 9.84 Å². The van der Waals surface area contributed by atoms with E-state index < -0.39 is 5.97 Å². The molecule has 2 aromatic carbocycles. The summed E-state index contributed by atoms with van der Waals surface area (Å²) in [5, 5.41) is 10.4. The highest BCUT2D eigenvalue weighted by Crippen LogP contribution is 2.35. The van der Waals surface area contributed by atoms with Gasteiger partial charge in [0.2, 0.25) is 0 Å². The molecule has 4 heteroatoms. The van der Waals surface area contributed by atoms with E-state index >= 15 is 0 Å². The molecule has 1 heterocycles. The number of nitrogens with zero attached hydrogens (tertiary/aromatic N) is 1. The van der Waals surface area contributed by atoms with E-state index in [9.17, 15) is 9.90 Å². The van der Waals surface area contributed by atoms with E-state index in [-0.39, 0.29) is 6.42 Å². The van der Waals surface area contributed by atoms with E-state index in [1.165, 1.54) is 25.7 Å². The maximum atomic E-state index is 11.3. The van der Waals surface area contributed by atoms with E-state index in [1.807, 2.05) is 42.5 Å². The highest BCUT2D eigenvalue weighted by molar-refractivity contribution is 5.78. The summed E-state index contributed by atoms with van der Waals surface area (Å²) < 4.78 is 6.05. The summed E-state index contributed by atoms with van der Waals surface area (Å²) in [6.07, 6.45) is 7.29. The molecule has 0 radical (unpaired) electrons. The normalized spacial score (nSPS) is 15.2. The number of para-hydroxylation sites is 1. The van der Waals surface area contributed by atoms with Crippen molar-refractivity contribution in [3.8, 4) is 5.75 Å². The Morgan fingerprint density at radius 2 is 1.79 bits per heavy atom. The number of carbonyl (C=O) groups is 1. The van der Waals surface area contributed by atoms with Gasteiger partial charge in [-0.2, -0.15) is 0 Å². The van der Waals surface area contributed by atoms with E-state index in [4.69, 9.17) is 4.74 Å². The molecule has 150 valence electrons. The van der Waals surface area contributed by atoms with Gasteiger partial charge in [0.1, 0.15) is 12.4 Å². The van der Waals surface area contributed by atoms with E-state index in [1.54, 1.807) is 0 Å². The van der Waals surface area contributed by atoms with Crippen molar-refractivity contribution in [2.75, 3.05) is 0 Å². The first-order chi connectivity index (χ1) is 14.2. The van der Waals surface area contributed by atoms with Crippen molar-refractivity contribution in [2.45, 2.75) is 57.5 Å². The number of benzene rings is 2. The van der Waals surface area contributed by atoms with Crippen LogP contribution >= 0.6 is 0 Å². The molecule has 4 rings (SSSR count). The zero-order valence-electron chi connectivity index (χ0n) is 16.6. The largest absolute Gasteiger partial charge is 0.487 e. The predicted molar refractivity (Wildman–Crippen MR) is 114 cm³/mol. The quantitative estimate of drug-likeness (QED) is 0.535. The van der Waals surface area contributed by atoms with Gasteiger partial charge in [0, 0.05) is 5.39 Å². The molecule has 0 spiro atoms. The summed E-state index contributed by atoms with van der Waals surface area (Å²) in [5.74, 6) is 0.427. The molecule has 0 saturated heterocycles. The van der Waals surface area contributed by atoms with Gasteiger partial charge in [0.05, 0.1) is 17.6 Å². The van der Waals surface area contributed by atoms with Gasteiger partial charge >= 0.3 is 5.97 Å². The number of carboxylic acid groups (broad SMARTS) is 1. The van der Waals surface area contributed by atoms with Crippen LogP contribution in [0.1, 0.15) is 61.3 Å². The first-order valence-corrected chi connectivity index (χ1v) is 10.5. The average Bonchev–Trinajstić information content (AvgIpc) is 3.02. The molecule has 0 atom stereocenters. The Morgan fingerprint density at radius 1 is 1.00 bits per heavy atom. The molecular weight excluding hydrogens is 362 g/mol. The lowest BCUT2D eigenvalue weighted by Crippen LogP contribution is -2.08. The number of fused-ring (bicyclic) bond motifs is 1. The summed E-state index contributed by atoms with van der Waals surface area (Å²) in [4.78, 5) is 16.0. The zero-order valence-corrected chi connectivity index (χ0v) is 16.6. The van der Waals surface area contributed by atoms with Crippen LogP contribution in [0.5, 0.6) is 5.75 Å². The van der Waals surface area contributed by atoms with Crippen molar-refractivity contribution >= 4 is 16.9 Å². The molecular formula is C25H27NO3. The Hall–Kier alpha value is -2.88. The number of rotatable bonds is 6. The molecule has 1 saturated carbocycles. The fraction of sp³-hybridized carbons (Fsp3) is 0.360. The second-order valence-electron chi connectivity index (χ2n) is 7.90. The van der Waals surface area contributed by atoms with Gasteiger partial charge in [-0.3, -0.25) is 4.79 Å². The monoisotopic (exact) mass is 389 g/mol. The summed E-state index contributed by atoms with van der Waals surface area (Å²) in [7, 11) is 0. The number of aliphatic carboxylic acids is 1. The maximum Gasteiger partial charge on any atom is 0.307 e. The van der Waals surface area contributed by atoms with Crippen LogP contribution in [0.2, 0.25) is 0 Å². The van der Waals surface area contributed by atoms with Crippen molar-refractivity contribution in [3.63, 3.8) is 0 Å².